The molecule has 6 nitrogen and oxygen atoms in total. The second kappa shape index (κ2) is 8.93. The molecule has 9 heteroatoms. The van der Waals surface area contributed by atoms with E-state index in [1.165, 1.54) is 0 Å². The highest BCUT2D eigenvalue weighted by atomic mass is 32.2. The molecule has 0 atom stereocenters. The molecule has 0 aliphatic heterocycles. The molecule has 2 amide bonds. The first-order valence-electron chi connectivity index (χ1n) is 11.8. The molecule has 5 rings (SSSR count). The lowest BCUT2D eigenvalue weighted by atomic mass is 9.78. The van der Waals surface area contributed by atoms with Crippen molar-refractivity contribution in [2.75, 3.05) is 6.26 Å². The molecule has 36 heavy (non-hydrogen) atoms. The van der Waals surface area contributed by atoms with Crippen LogP contribution in [0.4, 0.5) is 8.78 Å². The highest BCUT2D eigenvalue weighted by molar-refractivity contribution is 7.98. The third-order valence-corrected chi connectivity index (χ3v) is 7.85. The van der Waals surface area contributed by atoms with Gasteiger partial charge in [-0.15, -0.1) is 11.8 Å². The van der Waals surface area contributed by atoms with Crippen molar-refractivity contribution < 1.29 is 22.8 Å². The molecule has 2 aromatic carbocycles. The van der Waals surface area contributed by atoms with E-state index in [0.29, 0.717) is 23.8 Å². The van der Waals surface area contributed by atoms with Gasteiger partial charge in [-0.1, -0.05) is 24.3 Å². The summed E-state index contributed by atoms with van der Waals surface area (Å²) in [4.78, 5) is 27.5. The third kappa shape index (κ3) is 4.70. The maximum Gasteiger partial charge on any atom is 0.287 e. The molecular weight excluding hydrogens is 484 g/mol. The van der Waals surface area contributed by atoms with Crippen LogP contribution in [0.1, 0.15) is 49.1 Å². The van der Waals surface area contributed by atoms with Gasteiger partial charge >= 0.3 is 0 Å². The van der Waals surface area contributed by atoms with Crippen molar-refractivity contribution in [3.63, 3.8) is 0 Å². The number of nitrogens with one attached hydrogen (secondary N) is 2. The lowest BCUT2D eigenvalue weighted by Crippen LogP contribution is -2.62. The van der Waals surface area contributed by atoms with E-state index < -0.39 is 41.7 Å². The second-order valence-corrected chi connectivity index (χ2v) is 10.5. The minimum absolute atomic E-state index is 0.00851. The van der Waals surface area contributed by atoms with E-state index in [1.54, 1.807) is 17.8 Å². The Morgan fingerprint density at radius 3 is 2.22 bits per heavy atom. The molecule has 3 aromatic rings. The average Bonchev–Trinajstić information content (AvgIpc) is 3.52. The lowest BCUT2D eigenvalue weighted by molar-refractivity contribution is -0.133. The van der Waals surface area contributed by atoms with E-state index in [-0.39, 0.29) is 18.6 Å². The van der Waals surface area contributed by atoms with Gasteiger partial charge in [-0.25, -0.2) is 8.78 Å². The first-order chi connectivity index (χ1) is 17.2. The highest BCUT2D eigenvalue weighted by Gasteiger charge is 2.53. The maximum atomic E-state index is 13.9. The van der Waals surface area contributed by atoms with E-state index in [0.717, 1.165) is 16.0 Å². The highest BCUT2D eigenvalue weighted by Crippen LogP contribution is 2.41. The van der Waals surface area contributed by atoms with Crippen LogP contribution in [0.3, 0.4) is 0 Å². The molecule has 186 valence electrons. The SMILES string of the molecule is CSc1ccc(-c2ccc3cc(C(=O)NC4(C(=O)NC5(C#N)CC5)CCC(F)(F)CC4)oc3c2)cc1. The fourth-order valence-electron chi connectivity index (χ4n) is 4.56. The molecule has 2 saturated carbocycles. The van der Waals surface area contributed by atoms with Gasteiger partial charge in [0.25, 0.3) is 5.91 Å². The summed E-state index contributed by atoms with van der Waals surface area (Å²) >= 11 is 1.66. The van der Waals surface area contributed by atoms with Gasteiger partial charge in [0, 0.05) is 23.1 Å². The van der Waals surface area contributed by atoms with Crippen LogP contribution < -0.4 is 10.6 Å². The van der Waals surface area contributed by atoms with Crippen LogP contribution >= 0.6 is 11.8 Å². The van der Waals surface area contributed by atoms with Crippen molar-refractivity contribution in [2.45, 2.75) is 60.4 Å². The molecule has 2 aliphatic rings. The summed E-state index contributed by atoms with van der Waals surface area (Å²) in [6.45, 7) is 0. The fourth-order valence-corrected chi connectivity index (χ4v) is 4.97. The summed E-state index contributed by atoms with van der Waals surface area (Å²) in [6, 6.07) is 17.4. The molecule has 1 aromatic heterocycles. The van der Waals surface area contributed by atoms with Crippen molar-refractivity contribution in [1.82, 2.24) is 10.6 Å². The molecule has 0 saturated heterocycles. The maximum absolute atomic E-state index is 13.9. The molecular formula is C27H25F2N3O3S. The number of furan rings is 1. The molecule has 0 unspecified atom stereocenters. The van der Waals surface area contributed by atoms with Gasteiger partial charge in [0.15, 0.2) is 5.76 Å². The first kappa shape index (κ1) is 24.3. The van der Waals surface area contributed by atoms with Gasteiger partial charge in [-0.05, 0) is 67.3 Å². The summed E-state index contributed by atoms with van der Waals surface area (Å²) in [5.74, 6) is -4.16. The van der Waals surface area contributed by atoms with E-state index in [2.05, 4.69) is 16.7 Å². The van der Waals surface area contributed by atoms with Crippen LogP contribution in [-0.2, 0) is 4.79 Å². The van der Waals surface area contributed by atoms with Crippen molar-refractivity contribution in [1.29, 1.82) is 5.26 Å². The third-order valence-electron chi connectivity index (χ3n) is 7.11. The van der Waals surface area contributed by atoms with E-state index >= 15 is 0 Å². The van der Waals surface area contributed by atoms with Crippen molar-refractivity contribution in [3.05, 3.63) is 54.3 Å². The quantitative estimate of drug-likeness (QED) is 0.418. The van der Waals surface area contributed by atoms with Crippen LogP contribution in [0, 0.1) is 11.3 Å². The Hall–Kier alpha value is -3.38. The normalized spacial score (nSPS) is 19.3. The number of amides is 2. The molecule has 2 aliphatic carbocycles. The Labute approximate surface area is 211 Å². The van der Waals surface area contributed by atoms with Gasteiger partial charge in [0.2, 0.25) is 11.8 Å². The standard InChI is InChI=1S/C27H25F2N3O3S/c1-36-20-6-4-17(5-7-20)18-2-3-19-15-22(35-21(19)14-18)23(33)31-26(10-12-27(28,29)13-11-26)24(34)32-25(16-30)8-9-25/h2-7,14-15H,8-13H2,1H3,(H,31,33)(H,32,34). The second-order valence-electron chi connectivity index (χ2n) is 9.63. The topological polar surface area (TPSA) is 95.1 Å². The van der Waals surface area contributed by atoms with Crippen LogP contribution in [-0.4, -0.2) is 35.1 Å². The summed E-state index contributed by atoms with van der Waals surface area (Å²) in [6.07, 6.45) is 1.50. The summed E-state index contributed by atoms with van der Waals surface area (Å²) in [5.41, 5.74) is -0.0791. The van der Waals surface area contributed by atoms with Crippen LogP contribution in [0.15, 0.2) is 57.8 Å². The average molecular weight is 510 g/mol. The van der Waals surface area contributed by atoms with Gasteiger partial charge in [0.1, 0.15) is 16.7 Å². The fraction of sp³-hybridized carbons (Fsp3) is 0.370. The van der Waals surface area contributed by atoms with Crippen molar-refractivity contribution in [3.8, 4) is 17.2 Å². The van der Waals surface area contributed by atoms with Gasteiger partial charge in [-0.3, -0.25) is 9.59 Å². The number of hydrogen-bond acceptors (Lipinski definition) is 5. The van der Waals surface area contributed by atoms with Crippen LogP contribution in [0.5, 0.6) is 0 Å². The van der Waals surface area contributed by atoms with Crippen LogP contribution in [0.25, 0.3) is 22.1 Å². The number of nitrogens with zero attached hydrogens (tertiary/aromatic N) is 1. The minimum Gasteiger partial charge on any atom is -0.451 e. The largest absolute Gasteiger partial charge is 0.451 e. The minimum atomic E-state index is -2.90. The molecule has 0 bridgehead atoms. The number of hydrogen-bond donors (Lipinski definition) is 2. The Kier molecular flexibility index (Phi) is 6.03. The number of carbonyl (C=O) groups is 2. The number of thioether (sulfide) groups is 1. The summed E-state index contributed by atoms with van der Waals surface area (Å²) < 4.78 is 33.7. The van der Waals surface area contributed by atoms with E-state index in [9.17, 15) is 23.6 Å². The molecule has 2 fully saturated rings. The number of nitriles is 1. The summed E-state index contributed by atoms with van der Waals surface area (Å²) in [7, 11) is 0. The van der Waals surface area contributed by atoms with Gasteiger partial charge < -0.3 is 15.1 Å². The van der Waals surface area contributed by atoms with Crippen LogP contribution in [0.2, 0.25) is 0 Å². The zero-order valence-corrected chi connectivity index (χ0v) is 20.5. The summed E-state index contributed by atoms with van der Waals surface area (Å²) in [5, 5.41) is 15.4. The number of benzene rings is 2. The Balaban J connectivity index is 1.39. The molecule has 1 heterocycles. The van der Waals surface area contributed by atoms with E-state index in [4.69, 9.17) is 4.42 Å². The predicted octanol–water partition coefficient (Wildman–Crippen LogP) is 5.67. The number of alkyl halides is 2. The number of rotatable bonds is 6. The smallest absolute Gasteiger partial charge is 0.287 e. The Bertz CT molecular complexity index is 1360. The van der Waals surface area contributed by atoms with Crippen molar-refractivity contribution >= 4 is 34.5 Å². The zero-order valence-electron chi connectivity index (χ0n) is 19.7. The van der Waals surface area contributed by atoms with Gasteiger partial charge in [-0.2, -0.15) is 5.26 Å². The lowest BCUT2D eigenvalue weighted by Gasteiger charge is -2.39. The number of carbonyl (C=O) groups excluding carboxylic acids is 2. The Morgan fingerprint density at radius 2 is 1.61 bits per heavy atom. The predicted molar refractivity (Wildman–Crippen MR) is 133 cm³/mol. The molecule has 0 spiro atoms. The number of halogens is 2. The monoisotopic (exact) mass is 509 g/mol. The van der Waals surface area contributed by atoms with Crippen molar-refractivity contribution in [2.24, 2.45) is 0 Å². The van der Waals surface area contributed by atoms with E-state index in [1.807, 2.05) is 48.7 Å². The zero-order chi connectivity index (χ0) is 25.6. The van der Waals surface area contributed by atoms with Gasteiger partial charge in [0.05, 0.1) is 6.07 Å². The Morgan fingerprint density at radius 1 is 0.944 bits per heavy atom. The molecule has 2 N–H and O–H groups in total. The molecule has 0 radical (unpaired) electrons. The first-order valence-corrected chi connectivity index (χ1v) is 13.0. The number of fused-ring (bicyclic) bond motifs is 1.